The molecule has 0 fully saturated rings. The van der Waals surface area contributed by atoms with Gasteiger partial charge < -0.3 is 14.6 Å². The first kappa shape index (κ1) is 12.3. The Bertz CT molecular complexity index is 835. The van der Waals surface area contributed by atoms with Crippen molar-refractivity contribution in [2.24, 2.45) is 0 Å². The third-order valence-electron chi connectivity index (χ3n) is 3.25. The van der Waals surface area contributed by atoms with Gasteiger partial charge >= 0.3 is 0 Å². The second kappa shape index (κ2) is 4.86. The molecule has 1 N–H and O–H groups in total. The molecule has 2 heterocycles. The van der Waals surface area contributed by atoms with Crippen LogP contribution in [-0.4, -0.2) is 16.9 Å². The van der Waals surface area contributed by atoms with Crippen molar-refractivity contribution in [2.45, 2.75) is 9.92 Å². The number of nitrogens with zero attached hydrogens (tertiary/aromatic N) is 1. The Morgan fingerprint density at radius 1 is 1.05 bits per heavy atom. The number of aromatic hydroxyl groups is 1. The van der Waals surface area contributed by atoms with Gasteiger partial charge in [-0.15, -0.1) is 0 Å². The number of ether oxygens (including phenoxy) is 2. The summed E-state index contributed by atoms with van der Waals surface area (Å²) in [6.07, 6.45) is 1.77. The largest absolute Gasteiger partial charge is 0.508 e. The summed E-state index contributed by atoms with van der Waals surface area (Å²) in [5.41, 5.74) is 0. The molecule has 0 saturated carbocycles. The van der Waals surface area contributed by atoms with Gasteiger partial charge in [0.1, 0.15) is 10.8 Å². The maximum Gasteiger partial charge on any atom is 0.231 e. The van der Waals surface area contributed by atoms with Crippen LogP contribution in [0.1, 0.15) is 0 Å². The lowest BCUT2D eigenvalue weighted by molar-refractivity contribution is 0.174. The van der Waals surface area contributed by atoms with E-state index < -0.39 is 0 Å². The third kappa shape index (κ3) is 2.25. The lowest BCUT2D eigenvalue weighted by atomic mass is 10.1. The van der Waals surface area contributed by atoms with Gasteiger partial charge in [0.05, 0.1) is 0 Å². The number of hydrogen-bond acceptors (Lipinski definition) is 5. The van der Waals surface area contributed by atoms with Crippen molar-refractivity contribution >= 4 is 22.5 Å². The van der Waals surface area contributed by atoms with Crippen LogP contribution in [-0.2, 0) is 0 Å². The number of phenolic OH excluding ortho intramolecular Hbond substituents is 1. The molecule has 0 radical (unpaired) electrons. The minimum atomic E-state index is 0.248. The van der Waals surface area contributed by atoms with Gasteiger partial charge in [0, 0.05) is 16.5 Å². The lowest BCUT2D eigenvalue weighted by Crippen LogP contribution is -1.92. The van der Waals surface area contributed by atoms with Gasteiger partial charge in [0.15, 0.2) is 11.5 Å². The van der Waals surface area contributed by atoms with E-state index in [1.807, 2.05) is 30.3 Å². The quantitative estimate of drug-likeness (QED) is 0.779. The van der Waals surface area contributed by atoms with Crippen LogP contribution < -0.4 is 9.47 Å². The Kier molecular flexibility index (Phi) is 2.86. The van der Waals surface area contributed by atoms with Gasteiger partial charge in [-0.1, -0.05) is 17.8 Å². The zero-order valence-electron chi connectivity index (χ0n) is 10.9. The van der Waals surface area contributed by atoms with Gasteiger partial charge in [-0.2, -0.15) is 0 Å². The highest BCUT2D eigenvalue weighted by Gasteiger charge is 2.16. The molecule has 21 heavy (non-hydrogen) atoms. The van der Waals surface area contributed by atoms with Crippen LogP contribution in [0.3, 0.4) is 0 Å². The van der Waals surface area contributed by atoms with Crippen LogP contribution in [0.5, 0.6) is 17.2 Å². The Morgan fingerprint density at radius 2 is 1.90 bits per heavy atom. The van der Waals surface area contributed by atoms with Crippen LogP contribution in [0.15, 0.2) is 58.6 Å². The first-order valence-corrected chi connectivity index (χ1v) is 7.26. The number of fused-ring (bicyclic) bond motifs is 2. The molecule has 1 aromatic heterocycles. The van der Waals surface area contributed by atoms with Crippen molar-refractivity contribution in [3.05, 3.63) is 48.7 Å². The molecular formula is C16H11NO3S. The molecule has 1 aliphatic rings. The van der Waals surface area contributed by atoms with Gasteiger partial charge in [0.25, 0.3) is 0 Å². The molecule has 4 nitrogen and oxygen atoms in total. The Labute approximate surface area is 125 Å². The summed E-state index contributed by atoms with van der Waals surface area (Å²) >= 11 is 1.51. The van der Waals surface area contributed by atoms with Crippen LogP contribution in [0.25, 0.3) is 10.8 Å². The number of phenols is 1. The number of rotatable bonds is 2. The summed E-state index contributed by atoms with van der Waals surface area (Å²) in [7, 11) is 0. The highest BCUT2D eigenvalue weighted by Crippen LogP contribution is 2.40. The summed E-state index contributed by atoms with van der Waals surface area (Å²) in [6, 6.07) is 13.0. The Morgan fingerprint density at radius 3 is 2.76 bits per heavy atom. The topological polar surface area (TPSA) is 51.6 Å². The fourth-order valence-corrected chi connectivity index (χ4v) is 3.23. The molecule has 0 aliphatic carbocycles. The number of benzene rings is 2. The molecule has 0 amide bonds. The molecule has 3 aromatic rings. The number of aromatic nitrogens is 1. The predicted octanol–water partition coefficient (Wildman–Crippen LogP) is 3.82. The molecular weight excluding hydrogens is 286 g/mol. The normalized spacial score (nSPS) is 12.8. The molecule has 4 rings (SSSR count). The Hall–Kier alpha value is -2.40. The SMILES string of the molecule is Oc1cccc(Sc2nccc3cc4c(cc23)OCO4)c1. The van der Waals surface area contributed by atoms with Crippen LogP contribution >= 0.6 is 11.8 Å². The summed E-state index contributed by atoms with van der Waals surface area (Å²) < 4.78 is 10.8. The van der Waals surface area contributed by atoms with Gasteiger partial charge in [0.2, 0.25) is 6.79 Å². The molecule has 104 valence electrons. The van der Waals surface area contributed by atoms with Gasteiger partial charge in [-0.05, 0) is 41.8 Å². The average Bonchev–Trinajstić information content (AvgIpc) is 2.93. The zero-order valence-corrected chi connectivity index (χ0v) is 11.8. The standard InChI is InChI=1S/C16H11NO3S/c18-11-2-1-3-12(7-11)21-16-13-8-15-14(19-9-20-15)6-10(13)4-5-17-16/h1-8,18H,9H2. The molecule has 0 saturated heterocycles. The molecule has 5 heteroatoms. The van der Waals surface area contributed by atoms with Crippen molar-refractivity contribution in [1.29, 1.82) is 0 Å². The summed E-state index contributed by atoms with van der Waals surface area (Å²) in [5, 5.41) is 12.5. The maximum absolute atomic E-state index is 9.56. The number of hydrogen-bond donors (Lipinski definition) is 1. The van der Waals surface area contributed by atoms with Crippen LogP contribution in [0.4, 0.5) is 0 Å². The smallest absolute Gasteiger partial charge is 0.231 e. The monoisotopic (exact) mass is 297 g/mol. The van der Waals surface area contributed by atoms with E-state index >= 15 is 0 Å². The van der Waals surface area contributed by atoms with Crippen LogP contribution in [0.2, 0.25) is 0 Å². The highest BCUT2D eigenvalue weighted by molar-refractivity contribution is 7.99. The van der Waals surface area contributed by atoms with Gasteiger partial charge in [-0.3, -0.25) is 0 Å². The van der Waals surface area contributed by atoms with E-state index in [4.69, 9.17) is 9.47 Å². The lowest BCUT2D eigenvalue weighted by Gasteiger charge is -2.07. The molecule has 0 atom stereocenters. The average molecular weight is 297 g/mol. The first-order chi connectivity index (χ1) is 10.3. The third-order valence-corrected chi connectivity index (χ3v) is 4.26. The highest BCUT2D eigenvalue weighted by atomic mass is 32.2. The first-order valence-electron chi connectivity index (χ1n) is 6.45. The summed E-state index contributed by atoms with van der Waals surface area (Å²) in [4.78, 5) is 5.38. The van der Waals surface area contributed by atoms with Crippen molar-refractivity contribution in [2.75, 3.05) is 6.79 Å². The zero-order chi connectivity index (χ0) is 14.2. The summed E-state index contributed by atoms with van der Waals surface area (Å²) in [6.45, 7) is 0.258. The molecule has 0 bridgehead atoms. The fraction of sp³-hybridized carbons (Fsp3) is 0.0625. The second-order valence-electron chi connectivity index (χ2n) is 4.64. The summed E-state index contributed by atoms with van der Waals surface area (Å²) in [5.74, 6) is 1.76. The van der Waals surface area contributed by atoms with E-state index in [2.05, 4.69) is 4.98 Å². The van der Waals surface area contributed by atoms with Crippen molar-refractivity contribution in [3.8, 4) is 17.2 Å². The molecule has 1 aliphatic heterocycles. The van der Waals surface area contributed by atoms with Gasteiger partial charge in [-0.25, -0.2) is 4.98 Å². The Balaban J connectivity index is 1.81. The van der Waals surface area contributed by atoms with E-state index in [9.17, 15) is 5.11 Å². The van der Waals surface area contributed by atoms with Crippen LogP contribution in [0, 0.1) is 0 Å². The minimum Gasteiger partial charge on any atom is -0.508 e. The second-order valence-corrected chi connectivity index (χ2v) is 5.70. The van der Waals surface area contributed by atoms with E-state index in [1.165, 1.54) is 11.8 Å². The predicted molar refractivity (Wildman–Crippen MR) is 80.1 cm³/mol. The van der Waals surface area contributed by atoms with Crippen molar-refractivity contribution in [3.63, 3.8) is 0 Å². The number of pyridine rings is 1. The molecule has 0 unspecified atom stereocenters. The fourth-order valence-electron chi connectivity index (χ4n) is 2.28. The van der Waals surface area contributed by atoms with Crippen molar-refractivity contribution < 1.29 is 14.6 Å². The molecule has 2 aromatic carbocycles. The van der Waals surface area contributed by atoms with E-state index in [-0.39, 0.29) is 12.5 Å². The van der Waals surface area contributed by atoms with Crippen molar-refractivity contribution in [1.82, 2.24) is 4.98 Å². The van der Waals surface area contributed by atoms with E-state index in [0.29, 0.717) is 0 Å². The molecule has 0 spiro atoms. The van der Waals surface area contributed by atoms with E-state index in [0.717, 1.165) is 32.2 Å². The van der Waals surface area contributed by atoms with E-state index in [1.54, 1.807) is 18.3 Å². The maximum atomic E-state index is 9.56. The minimum absolute atomic E-state index is 0.248.